The average molecular weight is 480 g/mol. The third kappa shape index (κ3) is 5.53. The Kier molecular flexibility index (Phi) is 7.26. The highest BCUT2D eigenvalue weighted by Crippen LogP contribution is 2.31. The summed E-state index contributed by atoms with van der Waals surface area (Å²) in [4.78, 5) is 19.1. The molecule has 0 radical (unpaired) electrons. The number of thiophene rings is 1. The highest BCUT2D eigenvalue weighted by Gasteiger charge is 2.16. The molecule has 0 atom stereocenters. The number of fused-ring (bicyclic) bond motifs is 1. The molecule has 4 aromatic rings. The Bertz CT molecular complexity index is 1290. The summed E-state index contributed by atoms with van der Waals surface area (Å²) in [5.41, 5.74) is 2.29. The van der Waals surface area contributed by atoms with Crippen LogP contribution in [0.1, 0.15) is 16.0 Å². The predicted molar refractivity (Wildman–Crippen MR) is 137 cm³/mol. The van der Waals surface area contributed by atoms with E-state index in [9.17, 15) is 4.79 Å². The SMILES string of the molecule is COc1cc2cc(CN(Cc3cccs3)C(=S)NCc3ccccc3)c(=O)[nH]c2cc1OC. The zero-order valence-electron chi connectivity index (χ0n) is 18.5. The molecule has 2 N–H and O–H groups in total. The van der Waals surface area contributed by atoms with Crippen molar-refractivity contribution >= 4 is 39.6 Å². The van der Waals surface area contributed by atoms with Crippen molar-refractivity contribution in [1.82, 2.24) is 15.2 Å². The van der Waals surface area contributed by atoms with Gasteiger partial charge >= 0.3 is 0 Å². The topological polar surface area (TPSA) is 66.6 Å². The van der Waals surface area contributed by atoms with E-state index in [1.54, 1.807) is 31.6 Å². The van der Waals surface area contributed by atoms with Gasteiger partial charge in [-0.15, -0.1) is 11.3 Å². The molecule has 0 spiro atoms. The largest absolute Gasteiger partial charge is 0.493 e. The van der Waals surface area contributed by atoms with E-state index in [2.05, 4.69) is 28.5 Å². The molecule has 0 aliphatic heterocycles. The maximum atomic E-state index is 12.9. The molecule has 33 heavy (non-hydrogen) atoms. The number of ether oxygens (including phenoxy) is 2. The summed E-state index contributed by atoms with van der Waals surface area (Å²) >= 11 is 7.39. The lowest BCUT2D eigenvalue weighted by Gasteiger charge is -2.25. The fraction of sp³-hybridized carbons (Fsp3) is 0.200. The molecule has 0 fully saturated rings. The average Bonchev–Trinajstić information content (AvgIpc) is 3.35. The number of H-pyrrole nitrogens is 1. The van der Waals surface area contributed by atoms with Crippen molar-refractivity contribution in [2.24, 2.45) is 0 Å². The van der Waals surface area contributed by atoms with Crippen molar-refractivity contribution in [2.45, 2.75) is 19.6 Å². The number of rotatable bonds is 8. The minimum Gasteiger partial charge on any atom is -0.493 e. The predicted octanol–water partition coefficient (Wildman–Crippen LogP) is 4.68. The van der Waals surface area contributed by atoms with Gasteiger partial charge in [0.15, 0.2) is 16.6 Å². The maximum Gasteiger partial charge on any atom is 0.253 e. The summed E-state index contributed by atoms with van der Waals surface area (Å²) in [6.07, 6.45) is 0. The maximum absolute atomic E-state index is 12.9. The Labute approximate surface area is 201 Å². The second-order valence-electron chi connectivity index (χ2n) is 7.50. The van der Waals surface area contributed by atoms with E-state index in [4.69, 9.17) is 21.7 Å². The van der Waals surface area contributed by atoms with Crippen LogP contribution in [0, 0.1) is 0 Å². The number of aromatic nitrogens is 1. The molecule has 0 bridgehead atoms. The minimum absolute atomic E-state index is 0.156. The fourth-order valence-electron chi connectivity index (χ4n) is 3.58. The number of nitrogens with one attached hydrogen (secondary N) is 2. The van der Waals surface area contributed by atoms with Crippen LogP contribution in [-0.4, -0.2) is 29.2 Å². The summed E-state index contributed by atoms with van der Waals surface area (Å²) in [7, 11) is 3.16. The van der Waals surface area contributed by atoms with E-state index < -0.39 is 0 Å². The van der Waals surface area contributed by atoms with Crippen LogP contribution in [0.25, 0.3) is 10.9 Å². The molecule has 2 heterocycles. The summed E-state index contributed by atoms with van der Waals surface area (Å²) in [6.45, 7) is 1.60. The van der Waals surface area contributed by atoms with Crippen LogP contribution in [-0.2, 0) is 19.6 Å². The van der Waals surface area contributed by atoms with Crippen molar-refractivity contribution < 1.29 is 9.47 Å². The Morgan fingerprint density at radius 1 is 1.03 bits per heavy atom. The van der Waals surface area contributed by atoms with E-state index in [1.165, 1.54) is 4.88 Å². The van der Waals surface area contributed by atoms with Gasteiger partial charge < -0.3 is 24.7 Å². The molecule has 2 aromatic heterocycles. The normalized spacial score (nSPS) is 10.7. The summed E-state index contributed by atoms with van der Waals surface area (Å²) in [6, 6.07) is 19.7. The molecular formula is C25H25N3O3S2. The Morgan fingerprint density at radius 2 is 1.79 bits per heavy atom. The zero-order valence-corrected chi connectivity index (χ0v) is 20.1. The number of pyridine rings is 1. The van der Waals surface area contributed by atoms with Gasteiger partial charge in [-0.25, -0.2) is 0 Å². The van der Waals surface area contributed by atoms with Gasteiger partial charge in [-0.05, 0) is 41.4 Å². The molecular weight excluding hydrogens is 454 g/mol. The zero-order chi connectivity index (χ0) is 23.2. The van der Waals surface area contributed by atoms with Crippen molar-refractivity contribution in [1.29, 1.82) is 0 Å². The summed E-state index contributed by atoms with van der Waals surface area (Å²) in [5.74, 6) is 1.18. The summed E-state index contributed by atoms with van der Waals surface area (Å²) < 4.78 is 10.8. The van der Waals surface area contributed by atoms with Crippen LogP contribution >= 0.6 is 23.6 Å². The molecule has 0 aliphatic rings. The lowest BCUT2D eigenvalue weighted by atomic mass is 10.1. The third-order valence-electron chi connectivity index (χ3n) is 5.29. The first-order valence-corrected chi connectivity index (χ1v) is 11.7. The number of hydrogen-bond donors (Lipinski definition) is 2. The number of aromatic amines is 1. The van der Waals surface area contributed by atoms with Gasteiger partial charge in [0.25, 0.3) is 5.56 Å². The van der Waals surface area contributed by atoms with Crippen molar-refractivity contribution in [3.63, 3.8) is 0 Å². The molecule has 4 rings (SSSR count). The quantitative estimate of drug-likeness (QED) is 0.358. The number of nitrogens with zero attached hydrogens (tertiary/aromatic N) is 1. The van der Waals surface area contributed by atoms with Crippen LogP contribution in [0.3, 0.4) is 0 Å². The van der Waals surface area contributed by atoms with Crippen LogP contribution in [0.2, 0.25) is 0 Å². The number of hydrogen-bond acceptors (Lipinski definition) is 5. The monoisotopic (exact) mass is 479 g/mol. The van der Waals surface area contributed by atoms with E-state index in [0.29, 0.717) is 47.3 Å². The minimum atomic E-state index is -0.156. The molecule has 0 aliphatic carbocycles. The van der Waals surface area contributed by atoms with Gasteiger partial charge in [0.05, 0.1) is 32.8 Å². The number of benzene rings is 2. The van der Waals surface area contributed by atoms with Gasteiger partial charge in [-0.1, -0.05) is 36.4 Å². The smallest absolute Gasteiger partial charge is 0.253 e. The van der Waals surface area contributed by atoms with E-state index in [1.807, 2.05) is 46.7 Å². The first-order chi connectivity index (χ1) is 16.1. The van der Waals surface area contributed by atoms with Crippen LogP contribution in [0.15, 0.2) is 70.8 Å². The molecule has 8 heteroatoms. The molecule has 0 unspecified atom stereocenters. The lowest BCUT2D eigenvalue weighted by Crippen LogP contribution is -2.39. The molecule has 0 saturated heterocycles. The van der Waals surface area contributed by atoms with Crippen LogP contribution in [0.5, 0.6) is 11.5 Å². The van der Waals surface area contributed by atoms with Gasteiger partial charge in [0, 0.05) is 28.4 Å². The lowest BCUT2D eigenvalue weighted by molar-refractivity contribution is 0.355. The van der Waals surface area contributed by atoms with Crippen molar-refractivity contribution in [2.75, 3.05) is 14.2 Å². The molecule has 2 aromatic carbocycles. The van der Waals surface area contributed by atoms with Gasteiger partial charge in [0.1, 0.15) is 0 Å². The summed E-state index contributed by atoms with van der Waals surface area (Å²) in [5, 5.41) is 6.83. The van der Waals surface area contributed by atoms with E-state index in [0.717, 1.165) is 10.9 Å². The fourth-order valence-corrected chi connectivity index (χ4v) is 4.50. The Morgan fingerprint density at radius 3 is 2.48 bits per heavy atom. The van der Waals surface area contributed by atoms with Crippen LogP contribution in [0.4, 0.5) is 0 Å². The third-order valence-corrected chi connectivity index (χ3v) is 6.55. The highest BCUT2D eigenvalue weighted by molar-refractivity contribution is 7.80. The second kappa shape index (κ2) is 10.5. The Hall–Kier alpha value is -3.36. The molecule has 170 valence electrons. The standard InChI is InChI=1S/C25H25N3O3S2/c1-30-22-12-18-11-19(24(29)27-21(18)13-23(22)31-2)15-28(16-20-9-6-10-33-20)25(32)26-14-17-7-4-3-5-8-17/h3-13H,14-16H2,1-2H3,(H,26,32)(H,27,29). The van der Waals surface area contributed by atoms with Crippen LogP contribution < -0.4 is 20.3 Å². The van der Waals surface area contributed by atoms with Gasteiger partial charge in [0.2, 0.25) is 0 Å². The molecule has 0 amide bonds. The van der Waals surface area contributed by atoms with Gasteiger partial charge in [-0.2, -0.15) is 0 Å². The number of thiocarbonyl (C=S) groups is 1. The van der Waals surface area contributed by atoms with E-state index >= 15 is 0 Å². The highest BCUT2D eigenvalue weighted by atomic mass is 32.1. The Balaban J connectivity index is 1.61. The first kappa shape index (κ1) is 22.8. The van der Waals surface area contributed by atoms with E-state index in [-0.39, 0.29) is 5.56 Å². The van der Waals surface area contributed by atoms with Crippen molar-refractivity contribution in [3.05, 3.63) is 92.4 Å². The number of methoxy groups -OCH3 is 2. The first-order valence-electron chi connectivity index (χ1n) is 10.4. The molecule has 0 saturated carbocycles. The van der Waals surface area contributed by atoms with Crippen molar-refractivity contribution in [3.8, 4) is 11.5 Å². The second-order valence-corrected chi connectivity index (χ2v) is 8.92. The van der Waals surface area contributed by atoms with Gasteiger partial charge in [-0.3, -0.25) is 4.79 Å². The molecule has 6 nitrogen and oxygen atoms in total.